The molecule has 6 heteroatoms. The highest BCUT2D eigenvalue weighted by atomic mass is 16.5. The minimum atomic E-state index is -0.652. The van der Waals surface area contributed by atoms with Crippen LogP contribution in [0, 0.1) is 6.92 Å². The summed E-state index contributed by atoms with van der Waals surface area (Å²) < 4.78 is 5.78. The van der Waals surface area contributed by atoms with Crippen molar-refractivity contribution in [3.63, 3.8) is 0 Å². The van der Waals surface area contributed by atoms with E-state index in [2.05, 4.69) is 0 Å². The number of likely N-dealkylation sites (tertiary alicyclic amines) is 1. The number of benzene rings is 2. The van der Waals surface area contributed by atoms with E-state index in [0.29, 0.717) is 12.1 Å². The van der Waals surface area contributed by atoms with Gasteiger partial charge in [0.2, 0.25) is 0 Å². The summed E-state index contributed by atoms with van der Waals surface area (Å²) in [4.78, 5) is 29.6. The van der Waals surface area contributed by atoms with Gasteiger partial charge >= 0.3 is 0 Å². The third-order valence-corrected chi connectivity index (χ3v) is 5.47. The van der Waals surface area contributed by atoms with Gasteiger partial charge in [-0.1, -0.05) is 30.3 Å². The number of aryl methyl sites for hydroxylation is 1. The van der Waals surface area contributed by atoms with Crippen LogP contribution >= 0.6 is 0 Å². The van der Waals surface area contributed by atoms with Crippen molar-refractivity contribution in [1.29, 1.82) is 0 Å². The van der Waals surface area contributed by atoms with E-state index in [0.717, 1.165) is 29.8 Å². The zero-order chi connectivity index (χ0) is 23.4. The molecule has 2 aromatic carbocycles. The number of aliphatic hydroxyl groups is 1. The topological polar surface area (TPSA) is 70.1 Å². The standard InChI is InChI=1S/C26H32N2O4/c1-17(2)32-21-13-12-20(16-18(21)3)24(29)22-23(19-10-7-6-8-11-19)28(26(31)25(22)30)15-9-14-27(4)5/h6-8,10-13,16-17,23,29H,9,14-15H2,1-5H3. The van der Waals surface area contributed by atoms with Gasteiger partial charge in [-0.3, -0.25) is 9.59 Å². The molecule has 1 fully saturated rings. The number of nitrogens with zero attached hydrogens (tertiary/aromatic N) is 2. The Labute approximate surface area is 190 Å². The largest absolute Gasteiger partial charge is 0.507 e. The third kappa shape index (κ3) is 5.02. The molecule has 0 aromatic heterocycles. The molecular formula is C26H32N2O4. The van der Waals surface area contributed by atoms with Gasteiger partial charge in [0.15, 0.2) is 0 Å². The maximum Gasteiger partial charge on any atom is 0.295 e. The zero-order valence-corrected chi connectivity index (χ0v) is 19.5. The Morgan fingerprint density at radius 1 is 1.12 bits per heavy atom. The quantitative estimate of drug-likeness (QED) is 0.382. The SMILES string of the molecule is Cc1cc(C(O)=C2C(=O)C(=O)N(CCCN(C)C)C2c2ccccc2)ccc1OC(C)C. The van der Waals surface area contributed by atoms with Crippen molar-refractivity contribution in [3.8, 4) is 5.75 Å². The Balaban J connectivity index is 2.05. The number of Topliss-reactive ketones (excluding diaryl/α,β-unsaturated/α-hetero) is 1. The Morgan fingerprint density at radius 3 is 2.41 bits per heavy atom. The number of hydrogen-bond acceptors (Lipinski definition) is 5. The normalized spacial score (nSPS) is 18.1. The van der Waals surface area contributed by atoms with Crippen LogP contribution in [0.5, 0.6) is 5.75 Å². The van der Waals surface area contributed by atoms with Crippen LogP contribution in [0.1, 0.15) is 43.0 Å². The minimum Gasteiger partial charge on any atom is -0.507 e. The molecule has 1 atom stereocenters. The summed E-state index contributed by atoms with van der Waals surface area (Å²) in [6, 6.07) is 14.1. The number of ketones is 1. The van der Waals surface area contributed by atoms with E-state index in [1.54, 1.807) is 23.1 Å². The lowest BCUT2D eigenvalue weighted by atomic mass is 9.95. The second kappa shape index (κ2) is 10.0. The molecule has 0 spiro atoms. The molecule has 0 bridgehead atoms. The predicted octanol–water partition coefficient (Wildman–Crippen LogP) is 4.16. The first kappa shape index (κ1) is 23.5. The van der Waals surface area contributed by atoms with Gasteiger partial charge in [-0.15, -0.1) is 0 Å². The molecule has 3 rings (SSSR count). The molecule has 1 amide bonds. The van der Waals surface area contributed by atoms with Gasteiger partial charge in [0.05, 0.1) is 17.7 Å². The van der Waals surface area contributed by atoms with Crippen LogP contribution in [-0.2, 0) is 9.59 Å². The van der Waals surface area contributed by atoms with Crippen molar-refractivity contribution in [1.82, 2.24) is 9.80 Å². The smallest absolute Gasteiger partial charge is 0.295 e. The Hall–Kier alpha value is -3.12. The molecule has 1 N–H and O–H groups in total. The van der Waals surface area contributed by atoms with Crippen molar-refractivity contribution in [3.05, 3.63) is 70.8 Å². The highest BCUT2D eigenvalue weighted by molar-refractivity contribution is 6.46. The molecule has 6 nitrogen and oxygen atoms in total. The summed E-state index contributed by atoms with van der Waals surface area (Å²) in [5.74, 6) is -0.663. The zero-order valence-electron chi connectivity index (χ0n) is 19.5. The summed E-state index contributed by atoms with van der Waals surface area (Å²) in [6.07, 6.45) is 0.753. The van der Waals surface area contributed by atoms with Crippen LogP contribution in [0.3, 0.4) is 0 Å². The molecule has 2 aromatic rings. The number of carbonyl (C=O) groups excluding carboxylic acids is 2. The van der Waals surface area contributed by atoms with E-state index in [4.69, 9.17) is 4.74 Å². The van der Waals surface area contributed by atoms with Crippen LogP contribution in [0.15, 0.2) is 54.1 Å². The van der Waals surface area contributed by atoms with Gasteiger partial charge in [0, 0.05) is 12.1 Å². The van der Waals surface area contributed by atoms with E-state index in [1.807, 2.05) is 70.1 Å². The molecule has 32 heavy (non-hydrogen) atoms. The molecule has 1 saturated heterocycles. The van der Waals surface area contributed by atoms with E-state index in [1.165, 1.54) is 0 Å². The van der Waals surface area contributed by atoms with Gasteiger partial charge in [-0.05, 0) is 77.2 Å². The monoisotopic (exact) mass is 436 g/mol. The van der Waals surface area contributed by atoms with Crippen molar-refractivity contribution in [2.75, 3.05) is 27.2 Å². The molecule has 170 valence electrons. The first-order valence-corrected chi connectivity index (χ1v) is 11.0. The van der Waals surface area contributed by atoms with E-state index >= 15 is 0 Å². The van der Waals surface area contributed by atoms with Crippen molar-refractivity contribution < 1.29 is 19.4 Å². The van der Waals surface area contributed by atoms with E-state index < -0.39 is 17.7 Å². The van der Waals surface area contributed by atoms with Crippen molar-refractivity contribution in [2.24, 2.45) is 0 Å². The van der Waals surface area contributed by atoms with Gasteiger partial charge in [-0.25, -0.2) is 0 Å². The maximum atomic E-state index is 13.1. The number of amides is 1. The van der Waals surface area contributed by atoms with Crippen molar-refractivity contribution >= 4 is 17.4 Å². The first-order chi connectivity index (χ1) is 15.2. The lowest BCUT2D eigenvalue weighted by molar-refractivity contribution is -0.139. The summed E-state index contributed by atoms with van der Waals surface area (Å²) in [7, 11) is 3.94. The van der Waals surface area contributed by atoms with E-state index in [9.17, 15) is 14.7 Å². The third-order valence-electron chi connectivity index (χ3n) is 5.47. The Morgan fingerprint density at radius 2 is 1.81 bits per heavy atom. The average Bonchev–Trinajstić information content (AvgIpc) is 2.99. The predicted molar refractivity (Wildman–Crippen MR) is 126 cm³/mol. The fourth-order valence-corrected chi connectivity index (χ4v) is 3.99. The van der Waals surface area contributed by atoms with Crippen LogP contribution < -0.4 is 4.74 Å². The van der Waals surface area contributed by atoms with E-state index in [-0.39, 0.29) is 17.4 Å². The second-order valence-corrected chi connectivity index (χ2v) is 8.71. The van der Waals surface area contributed by atoms with Gasteiger partial charge < -0.3 is 19.6 Å². The minimum absolute atomic E-state index is 0.0266. The van der Waals surface area contributed by atoms with Crippen LogP contribution in [0.2, 0.25) is 0 Å². The number of hydrogen-bond donors (Lipinski definition) is 1. The summed E-state index contributed by atoms with van der Waals surface area (Å²) in [5.41, 5.74) is 2.27. The van der Waals surface area contributed by atoms with Gasteiger partial charge in [0.1, 0.15) is 11.5 Å². The average molecular weight is 437 g/mol. The summed E-state index contributed by atoms with van der Waals surface area (Å²) in [5, 5.41) is 11.2. The number of ether oxygens (including phenoxy) is 1. The molecular weight excluding hydrogens is 404 g/mol. The lowest BCUT2D eigenvalue weighted by Crippen LogP contribution is -2.32. The molecule has 1 heterocycles. The fourth-order valence-electron chi connectivity index (χ4n) is 3.99. The molecule has 1 aliphatic heterocycles. The number of rotatable bonds is 8. The molecule has 0 radical (unpaired) electrons. The van der Waals surface area contributed by atoms with Crippen LogP contribution in [0.25, 0.3) is 5.76 Å². The number of aliphatic hydroxyl groups excluding tert-OH is 1. The van der Waals surface area contributed by atoms with Crippen LogP contribution in [-0.4, -0.2) is 59.9 Å². The highest BCUT2D eigenvalue weighted by Gasteiger charge is 2.45. The molecule has 0 aliphatic carbocycles. The Bertz CT molecular complexity index is 1010. The molecule has 1 unspecified atom stereocenters. The molecule has 1 aliphatic rings. The van der Waals surface area contributed by atoms with Gasteiger partial charge in [0.25, 0.3) is 11.7 Å². The summed E-state index contributed by atoms with van der Waals surface area (Å²) in [6.45, 7) is 7.01. The number of carbonyl (C=O) groups is 2. The fraction of sp³-hybridized carbons (Fsp3) is 0.385. The Kier molecular flexibility index (Phi) is 7.36. The second-order valence-electron chi connectivity index (χ2n) is 8.71. The first-order valence-electron chi connectivity index (χ1n) is 11.0. The van der Waals surface area contributed by atoms with Gasteiger partial charge in [-0.2, -0.15) is 0 Å². The summed E-state index contributed by atoms with van der Waals surface area (Å²) >= 11 is 0. The molecule has 0 saturated carbocycles. The lowest BCUT2D eigenvalue weighted by Gasteiger charge is -2.26. The highest BCUT2D eigenvalue weighted by Crippen LogP contribution is 2.39. The maximum absolute atomic E-state index is 13.1. The van der Waals surface area contributed by atoms with Crippen molar-refractivity contribution in [2.45, 2.75) is 39.3 Å². The van der Waals surface area contributed by atoms with Crippen LogP contribution in [0.4, 0.5) is 0 Å².